The number of alkyl halides is 1. The molecule has 0 amide bonds. The first kappa shape index (κ1) is 91.3. The minimum Gasteiger partial charge on any atom is -1.00 e. The topological polar surface area (TPSA) is 331 Å². The third-order valence-electron chi connectivity index (χ3n) is 17.2. The molecular formula is C73H106Cl3N17Na2O9. The fraction of sp³-hybridized carbons (Fsp3) is 0.521. The van der Waals surface area contributed by atoms with Crippen molar-refractivity contribution < 1.29 is 98.9 Å². The molecule has 560 valence electrons. The minimum atomic E-state index is -0.618. The van der Waals surface area contributed by atoms with Gasteiger partial charge in [0, 0.05) is 141 Å². The van der Waals surface area contributed by atoms with E-state index in [1.165, 1.54) is 23.8 Å². The number of fused-ring (bicyclic) bond motifs is 2. The van der Waals surface area contributed by atoms with E-state index in [4.69, 9.17) is 84.5 Å². The van der Waals surface area contributed by atoms with Crippen molar-refractivity contribution in [3.63, 3.8) is 0 Å². The molecule has 26 nitrogen and oxygen atoms in total. The molecular weight excluding hydrogens is 1410 g/mol. The van der Waals surface area contributed by atoms with Gasteiger partial charge in [0.05, 0.1) is 101 Å². The number of ether oxygens (including phenoxy) is 5. The number of pyridine rings is 1. The van der Waals surface area contributed by atoms with Crippen molar-refractivity contribution in [2.45, 2.75) is 91.1 Å². The Balaban J connectivity index is 0.000000359. The smallest absolute Gasteiger partial charge is 1.00 e. The molecule has 6 aromatic rings. The van der Waals surface area contributed by atoms with Crippen molar-refractivity contribution in [2.75, 3.05) is 162 Å². The van der Waals surface area contributed by atoms with E-state index in [1.807, 2.05) is 53.4 Å². The van der Waals surface area contributed by atoms with Crippen molar-refractivity contribution in [2.24, 2.45) is 17.4 Å². The quantitative estimate of drug-likeness (QED) is 0.0181. The summed E-state index contributed by atoms with van der Waals surface area (Å²) in [5.74, 6) is 2.62. The van der Waals surface area contributed by atoms with Gasteiger partial charge in [0.25, 0.3) is 5.56 Å². The van der Waals surface area contributed by atoms with E-state index >= 15 is 0 Å². The maximum atomic E-state index is 12.6. The minimum absolute atomic E-state index is 0. The first-order chi connectivity index (χ1) is 48.9. The molecule has 0 radical (unpaired) electrons. The number of likely N-dealkylation sites (tertiary alicyclic amines) is 1. The predicted octanol–water partition coefficient (Wildman–Crippen LogP) is 0.260. The Bertz CT molecular complexity index is 3530. The molecule has 31 heteroatoms. The van der Waals surface area contributed by atoms with Crippen LogP contribution in [0.3, 0.4) is 0 Å². The van der Waals surface area contributed by atoms with Gasteiger partial charge in [-0.25, -0.2) is 19.9 Å². The number of halogens is 3. The summed E-state index contributed by atoms with van der Waals surface area (Å²) >= 11 is 11.5. The standard InChI is InChI=1S/C27H33ClN6O.C19H24N4O2.C14H17NO3.C6H13N3O.C4H9NO.C2H5ClN2.CH3O.ClH.2Na.H/c1-27(2,3)19-6-8-20(9-7-19)30-25-21-17-34(26-22(28)5-4-11-29-26)12-10-23(21)31-24(32-25)18-33-13-15-35-16-14-33;24-19-16-13-23(12-15-4-2-1-3-5-15)7-6-17(16)20-18(21-19)14-22-8-10-25-11-9-22;1-18-14(17)12-10-15(8-7-13(12)16)9-11-5-3-2-4-6-11;7-6(8)4-9-2-1-3-10-5-9;1-3-6-4-2-5-1;3-1-2(4)5;1-2;;;;/h4-9,11H,10,12-18H2,1-3H3,(H,30,31,32);1-5H,6-14H2,(H,20,21,24);2-6,12H,7-10H2,1H3;1-5H2,(H3,7,8);5H,1-4H2;1H2,(H3,4,5);1H3;1H;;;/q;;;;;;-1;;2*+1;-1. The third-order valence-corrected chi connectivity index (χ3v) is 17.8. The number of aromatic nitrogens is 5. The maximum absolute atomic E-state index is 12.6. The van der Waals surface area contributed by atoms with Crippen LogP contribution in [-0.4, -0.2) is 224 Å². The van der Waals surface area contributed by atoms with Crippen LogP contribution < -0.4 is 96.8 Å². The molecule has 9 N–H and O–H groups in total. The van der Waals surface area contributed by atoms with E-state index < -0.39 is 11.9 Å². The summed E-state index contributed by atoms with van der Waals surface area (Å²) in [5, 5.41) is 29.1. The number of H-pyrrole nitrogens is 1. The number of esters is 1. The number of morpholine rings is 3. The molecule has 0 bridgehead atoms. The number of carbonyl (C=O) groups excluding carboxylic acids is 2. The molecule has 7 aliphatic rings. The van der Waals surface area contributed by atoms with Crippen LogP contribution in [0, 0.1) is 16.7 Å². The first-order valence-corrected chi connectivity index (χ1v) is 35.5. The van der Waals surface area contributed by atoms with Crippen LogP contribution in [0.1, 0.15) is 85.9 Å². The van der Waals surface area contributed by atoms with Gasteiger partial charge in [0.15, 0.2) is 0 Å². The van der Waals surface area contributed by atoms with Gasteiger partial charge in [-0.05, 0) is 52.8 Å². The second kappa shape index (κ2) is 49.8. The van der Waals surface area contributed by atoms with Crippen LogP contribution >= 0.6 is 35.6 Å². The largest absolute Gasteiger partial charge is 1.00 e. The maximum Gasteiger partial charge on any atom is 1.00 e. The van der Waals surface area contributed by atoms with Crippen LogP contribution in [0.25, 0.3) is 0 Å². The number of Topliss-reactive ketones (excluding diaryl/α,β-unsaturated/α-hetero) is 1. The normalized spacial score (nSPS) is 17.6. The number of rotatable bonds is 15. The third kappa shape index (κ3) is 32.0. The van der Waals surface area contributed by atoms with E-state index in [9.17, 15) is 14.4 Å². The number of benzene rings is 3. The molecule has 7 aliphatic heterocycles. The van der Waals surface area contributed by atoms with Gasteiger partial charge in [-0.1, -0.05) is 105 Å². The first-order valence-electron chi connectivity index (χ1n) is 34.6. The Morgan fingerprint density at radius 1 is 0.673 bits per heavy atom. The zero-order valence-electron chi connectivity index (χ0n) is 62.8. The van der Waals surface area contributed by atoms with E-state index in [1.54, 1.807) is 6.20 Å². The molecule has 5 fully saturated rings. The number of nitrogens with zero attached hydrogens (tertiary/aromatic N) is 10. The summed E-state index contributed by atoms with van der Waals surface area (Å²) in [6.45, 7) is 27.5. The molecule has 10 heterocycles. The Morgan fingerprint density at radius 3 is 1.79 bits per heavy atom. The number of aromatic amines is 1. The Hall–Kier alpha value is -5.12. The monoisotopic (exact) mass is 1520 g/mol. The molecule has 1 atom stereocenters. The molecule has 3 aromatic heterocycles. The van der Waals surface area contributed by atoms with Gasteiger partial charge in [-0.2, -0.15) is 7.11 Å². The number of nitrogens with two attached hydrogens (primary N) is 2. The molecule has 13 rings (SSSR count). The molecule has 5 saturated heterocycles. The van der Waals surface area contributed by atoms with Crippen molar-refractivity contribution in [1.82, 2.24) is 54.7 Å². The van der Waals surface area contributed by atoms with Gasteiger partial charge in [0.1, 0.15) is 46.7 Å². The second-order valence-electron chi connectivity index (χ2n) is 26.0. The summed E-state index contributed by atoms with van der Waals surface area (Å²) in [5.41, 5.74) is 18.9. The van der Waals surface area contributed by atoms with Gasteiger partial charge < -0.3 is 62.2 Å². The van der Waals surface area contributed by atoms with Crippen LogP contribution in [0.5, 0.6) is 0 Å². The molecule has 0 aliphatic carbocycles. The second-order valence-corrected chi connectivity index (χ2v) is 26.7. The molecule has 0 saturated carbocycles. The Labute approximate surface area is 675 Å². The van der Waals surface area contributed by atoms with E-state index in [-0.39, 0.29) is 107 Å². The SMILES string of the molecule is C1COCCN1.CC(C)(C)c1ccc(Nc2nc(CN3CCOCC3)nc3c2CN(c2ncccc2Cl)CC3)cc1.COC(=O)C1CN(Cc2ccccc2)CCC1=O.C[O-].Cl.N=C(N)CCl.N=C(N)CN1CCCOC1.O=c1[nH]c(CN2CCOCC2)nc2c1CN(Cc1ccccc1)CC2.[H-].[Na+].[Na+]. The van der Waals surface area contributed by atoms with Crippen LogP contribution in [0.4, 0.5) is 17.3 Å². The summed E-state index contributed by atoms with van der Waals surface area (Å²) in [4.78, 5) is 71.3. The summed E-state index contributed by atoms with van der Waals surface area (Å²) in [6, 6.07) is 32.8. The van der Waals surface area contributed by atoms with E-state index in [0.29, 0.717) is 57.4 Å². The van der Waals surface area contributed by atoms with Crippen LogP contribution in [-0.2, 0) is 90.8 Å². The summed E-state index contributed by atoms with van der Waals surface area (Å²) in [6.07, 6.45) is 4.91. The summed E-state index contributed by atoms with van der Waals surface area (Å²) < 4.78 is 25.7. The fourth-order valence-corrected chi connectivity index (χ4v) is 12.1. The fourth-order valence-electron chi connectivity index (χ4n) is 11.9. The van der Waals surface area contributed by atoms with E-state index in [2.05, 4.69) is 119 Å². The van der Waals surface area contributed by atoms with Crippen LogP contribution in [0.15, 0.2) is 108 Å². The number of anilines is 3. The van der Waals surface area contributed by atoms with Crippen LogP contribution in [0.2, 0.25) is 5.02 Å². The number of hydrogen-bond acceptors (Lipinski definition) is 23. The molecule has 1 unspecified atom stereocenters. The summed E-state index contributed by atoms with van der Waals surface area (Å²) in [7, 11) is 2.08. The number of carbonyl (C=O) groups is 2. The van der Waals surface area contributed by atoms with Gasteiger partial charge in [-0.3, -0.25) is 49.7 Å². The zero-order valence-corrected chi connectivity index (χ0v) is 68.1. The number of methoxy groups -OCH3 is 1. The molecule has 104 heavy (non-hydrogen) atoms. The van der Waals surface area contributed by atoms with Crippen molar-refractivity contribution in [3.05, 3.63) is 169 Å². The Kier molecular flexibility index (Phi) is 43.7. The van der Waals surface area contributed by atoms with Gasteiger partial charge in [0.2, 0.25) is 0 Å². The molecule has 3 aromatic carbocycles. The molecule has 0 spiro atoms. The van der Waals surface area contributed by atoms with Crippen molar-refractivity contribution in [3.8, 4) is 0 Å². The van der Waals surface area contributed by atoms with Crippen molar-refractivity contribution >= 4 is 76.4 Å². The Morgan fingerprint density at radius 2 is 1.25 bits per heavy atom. The average molecular weight is 1520 g/mol. The number of nitrogens with one attached hydrogen (secondary N) is 5. The zero-order chi connectivity index (χ0) is 72.4. The number of piperidine rings is 1. The van der Waals surface area contributed by atoms with E-state index in [0.717, 1.165) is 203 Å². The average Bonchev–Trinajstić information content (AvgIpc) is 0.803. The predicted molar refractivity (Wildman–Crippen MR) is 402 cm³/mol. The van der Waals surface area contributed by atoms with Gasteiger partial charge in [-0.15, -0.1) is 24.0 Å². The van der Waals surface area contributed by atoms with Crippen molar-refractivity contribution in [1.29, 1.82) is 10.8 Å². The number of hydrogen-bond donors (Lipinski definition) is 7. The van der Waals surface area contributed by atoms with Gasteiger partial charge >= 0.3 is 65.1 Å². The number of amidine groups is 2. The number of ketones is 1.